The summed E-state index contributed by atoms with van der Waals surface area (Å²) < 4.78 is 24.7. The fourth-order valence-electron chi connectivity index (χ4n) is 1.04. The van der Waals surface area contributed by atoms with Crippen molar-refractivity contribution in [3.63, 3.8) is 0 Å². The van der Waals surface area contributed by atoms with Crippen LogP contribution in [0, 0.1) is 0 Å². The van der Waals surface area contributed by atoms with Gasteiger partial charge in [-0.15, -0.1) is 0 Å². The zero-order valence-corrected chi connectivity index (χ0v) is 7.08. The van der Waals surface area contributed by atoms with Gasteiger partial charge < -0.3 is 10.8 Å². The van der Waals surface area contributed by atoms with Crippen molar-refractivity contribution in [2.45, 2.75) is 12.8 Å². The molecule has 0 radical (unpaired) electrons. The van der Waals surface area contributed by atoms with Crippen LogP contribution in [0.4, 0.5) is 14.6 Å². The van der Waals surface area contributed by atoms with Gasteiger partial charge in [0.2, 0.25) is 0 Å². The minimum Gasteiger partial charge on any atom is -0.481 e. The fourth-order valence-corrected chi connectivity index (χ4v) is 1.04. The van der Waals surface area contributed by atoms with Crippen molar-refractivity contribution >= 4 is 11.8 Å². The number of nitrogen functional groups attached to an aromatic ring is 1. The Bertz CT molecular complexity index is 355. The van der Waals surface area contributed by atoms with Crippen LogP contribution in [-0.2, 0) is 11.2 Å². The SMILES string of the molecule is Nc1cc(CC(=O)O)c(C(F)F)cn1. The average molecular weight is 202 g/mol. The summed E-state index contributed by atoms with van der Waals surface area (Å²) in [6, 6.07) is 1.15. The summed E-state index contributed by atoms with van der Waals surface area (Å²) in [5, 5.41) is 8.46. The molecule has 6 heteroatoms. The van der Waals surface area contributed by atoms with Crippen LogP contribution < -0.4 is 5.73 Å². The third kappa shape index (κ3) is 2.38. The van der Waals surface area contributed by atoms with Gasteiger partial charge in [0.1, 0.15) is 5.82 Å². The molecule has 0 unspecified atom stereocenters. The standard InChI is InChI=1S/C8H8F2N2O2/c9-8(10)5-3-12-6(11)1-4(5)2-7(13)14/h1,3,8H,2H2,(H2,11,12)(H,13,14). The van der Waals surface area contributed by atoms with Crippen molar-refractivity contribution in [2.24, 2.45) is 0 Å². The van der Waals surface area contributed by atoms with Gasteiger partial charge in [0.25, 0.3) is 6.43 Å². The Labute approximate surface area is 78.4 Å². The maximum Gasteiger partial charge on any atom is 0.307 e. The average Bonchev–Trinajstić information content (AvgIpc) is 2.01. The summed E-state index contributed by atoms with van der Waals surface area (Å²) in [5.41, 5.74) is 4.87. The monoisotopic (exact) mass is 202 g/mol. The first-order chi connectivity index (χ1) is 6.50. The second kappa shape index (κ2) is 3.99. The molecule has 1 aromatic rings. The van der Waals surface area contributed by atoms with Gasteiger partial charge in [-0.2, -0.15) is 0 Å². The highest BCUT2D eigenvalue weighted by atomic mass is 19.3. The Morgan fingerprint density at radius 1 is 1.64 bits per heavy atom. The number of aromatic nitrogens is 1. The topological polar surface area (TPSA) is 76.2 Å². The molecule has 0 aliphatic heterocycles. The van der Waals surface area contributed by atoms with Crippen LogP contribution in [0.15, 0.2) is 12.3 Å². The molecule has 0 aliphatic rings. The number of alkyl halides is 2. The van der Waals surface area contributed by atoms with Gasteiger partial charge in [-0.05, 0) is 11.6 Å². The van der Waals surface area contributed by atoms with E-state index in [2.05, 4.69) is 4.98 Å². The van der Waals surface area contributed by atoms with E-state index < -0.39 is 18.8 Å². The maximum absolute atomic E-state index is 12.3. The van der Waals surface area contributed by atoms with E-state index in [1.54, 1.807) is 0 Å². The van der Waals surface area contributed by atoms with Gasteiger partial charge in [0.15, 0.2) is 0 Å². The van der Waals surface area contributed by atoms with E-state index in [4.69, 9.17) is 10.8 Å². The number of halogens is 2. The predicted molar refractivity (Wildman–Crippen MR) is 44.9 cm³/mol. The van der Waals surface area contributed by atoms with Crippen molar-refractivity contribution in [3.05, 3.63) is 23.4 Å². The second-order valence-electron chi connectivity index (χ2n) is 2.68. The molecule has 1 rings (SSSR count). The summed E-state index contributed by atoms with van der Waals surface area (Å²) >= 11 is 0. The van der Waals surface area contributed by atoms with Crippen LogP contribution in [0.2, 0.25) is 0 Å². The van der Waals surface area contributed by atoms with Gasteiger partial charge in [-0.1, -0.05) is 0 Å². The Morgan fingerprint density at radius 3 is 2.79 bits per heavy atom. The fraction of sp³-hybridized carbons (Fsp3) is 0.250. The number of carbonyl (C=O) groups is 1. The lowest BCUT2D eigenvalue weighted by Crippen LogP contribution is -2.06. The lowest BCUT2D eigenvalue weighted by molar-refractivity contribution is -0.136. The van der Waals surface area contributed by atoms with Crippen LogP contribution in [0.25, 0.3) is 0 Å². The van der Waals surface area contributed by atoms with Crippen LogP contribution in [0.1, 0.15) is 17.6 Å². The second-order valence-corrected chi connectivity index (χ2v) is 2.68. The number of anilines is 1. The predicted octanol–water partition coefficient (Wildman–Crippen LogP) is 1.23. The summed E-state index contributed by atoms with van der Waals surface area (Å²) in [4.78, 5) is 13.8. The molecule has 0 fully saturated rings. The Kier molecular flexibility index (Phi) is 2.95. The first-order valence-corrected chi connectivity index (χ1v) is 3.75. The number of nitrogens with two attached hydrogens (primary N) is 1. The molecule has 1 heterocycles. The molecule has 0 saturated heterocycles. The molecule has 0 saturated carbocycles. The van der Waals surface area contributed by atoms with E-state index in [1.165, 1.54) is 0 Å². The van der Waals surface area contributed by atoms with Gasteiger partial charge in [0, 0.05) is 11.8 Å². The Hall–Kier alpha value is -1.72. The number of carboxylic acids is 1. The molecule has 0 amide bonds. The zero-order valence-electron chi connectivity index (χ0n) is 7.08. The smallest absolute Gasteiger partial charge is 0.307 e. The third-order valence-corrected chi connectivity index (χ3v) is 1.62. The molecule has 0 bridgehead atoms. The maximum atomic E-state index is 12.3. The van der Waals surface area contributed by atoms with Crippen LogP contribution in [0.5, 0.6) is 0 Å². The minimum atomic E-state index is -2.74. The lowest BCUT2D eigenvalue weighted by atomic mass is 10.1. The molecule has 76 valence electrons. The van der Waals surface area contributed by atoms with E-state index in [1.807, 2.05) is 0 Å². The summed E-state index contributed by atoms with van der Waals surface area (Å²) in [7, 11) is 0. The van der Waals surface area contributed by atoms with Gasteiger partial charge >= 0.3 is 5.97 Å². The van der Waals surface area contributed by atoms with Gasteiger partial charge in [-0.25, -0.2) is 13.8 Å². The van der Waals surface area contributed by atoms with Crippen LogP contribution in [0.3, 0.4) is 0 Å². The molecule has 0 atom stereocenters. The molecule has 0 aliphatic carbocycles. The normalized spacial score (nSPS) is 10.5. The molecule has 0 aromatic carbocycles. The van der Waals surface area contributed by atoms with E-state index in [9.17, 15) is 13.6 Å². The first-order valence-electron chi connectivity index (χ1n) is 3.75. The van der Waals surface area contributed by atoms with Crippen molar-refractivity contribution in [1.82, 2.24) is 4.98 Å². The van der Waals surface area contributed by atoms with Gasteiger partial charge in [0.05, 0.1) is 6.42 Å². The highest BCUT2D eigenvalue weighted by molar-refractivity contribution is 5.71. The first kappa shape index (κ1) is 10.4. The Morgan fingerprint density at radius 2 is 2.29 bits per heavy atom. The van der Waals surface area contributed by atoms with Crippen LogP contribution >= 0.6 is 0 Å². The summed E-state index contributed by atoms with van der Waals surface area (Å²) in [5.74, 6) is -1.15. The van der Waals surface area contributed by atoms with Crippen molar-refractivity contribution in [1.29, 1.82) is 0 Å². The van der Waals surface area contributed by atoms with Crippen molar-refractivity contribution in [3.8, 4) is 0 Å². The molecule has 0 spiro atoms. The quantitative estimate of drug-likeness (QED) is 0.772. The number of rotatable bonds is 3. The van der Waals surface area contributed by atoms with E-state index in [0.29, 0.717) is 0 Å². The summed E-state index contributed by atoms with van der Waals surface area (Å²) in [6.07, 6.45) is -2.32. The molecule has 4 nitrogen and oxygen atoms in total. The van der Waals surface area contributed by atoms with Crippen molar-refractivity contribution < 1.29 is 18.7 Å². The number of carboxylic acid groups (broad SMARTS) is 1. The largest absolute Gasteiger partial charge is 0.481 e. The molecule has 1 aromatic heterocycles. The molecular formula is C8H8F2N2O2. The van der Waals surface area contributed by atoms with Crippen LogP contribution in [-0.4, -0.2) is 16.1 Å². The number of hydrogen-bond donors (Lipinski definition) is 2. The number of pyridine rings is 1. The van der Waals surface area contributed by atoms with Gasteiger partial charge in [-0.3, -0.25) is 4.79 Å². The zero-order chi connectivity index (χ0) is 10.7. The highest BCUT2D eigenvalue weighted by Crippen LogP contribution is 2.23. The highest BCUT2D eigenvalue weighted by Gasteiger charge is 2.15. The third-order valence-electron chi connectivity index (χ3n) is 1.62. The van der Waals surface area contributed by atoms with Crippen molar-refractivity contribution in [2.75, 3.05) is 5.73 Å². The molecule has 3 N–H and O–H groups in total. The molecular weight excluding hydrogens is 194 g/mol. The number of aliphatic carboxylic acids is 1. The lowest BCUT2D eigenvalue weighted by Gasteiger charge is -2.06. The molecule has 14 heavy (non-hydrogen) atoms. The Balaban J connectivity index is 3.09. The minimum absolute atomic E-state index is 0.000000000000000444. The number of hydrogen-bond acceptors (Lipinski definition) is 3. The van der Waals surface area contributed by atoms with E-state index in [0.717, 1.165) is 12.3 Å². The van der Waals surface area contributed by atoms with E-state index in [-0.39, 0.29) is 16.9 Å². The van der Waals surface area contributed by atoms with E-state index >= 15 is 0 Å². The number of nitrogens with zero attached hydrogens (tertiary/aromatic N) is 1. The summed E-state index contributed by atoms with van der Waals surface area (Å²) in [6.45, 7) is 0.